The average Bonchev–Trinajstić information content (AvgIpc) is 2.40. The van der Waals surface area contributed by atoms with Crippen LogP contribution >= 0.6 is 0 Å². The molecule has 0 spiro atoms. The van der Waals surface area contributed by atoms with Gasteiger partial charge in [0.2, 0.25) is 0 Å². The first-order valence-electron chi connectivity index (χ1n) is 6.08. The number of halogens is 5. The molecule has 2 aromatic carbocycles. The van der Waals surface area contributed by atoms with E-state index in [4.69, 9.17) is 5.73 Å². The van der Waals surface area contributed by atoms with Gasteiger partial charge in [0.05, 0.1) is 11.6 Å². The zero-order valence-electron chi connectivity index (χ0n) is 11.0. The minimum Gasteiger partial charge on any atom is -0.320 e. The van der Waals surface area contributed by atoms with Crippen LogP contribution in [0.15, 0.2) is 36.4 Å². The number of hydrogen-bond donors (Lipinski definition) is 1. The lowest BCUT2D eigenvalue weighted by molar-refractivity contribution is -0.140. The largest absolute Gasteiger partial charge is 0.419 e. The normalized spacial score (nSPS) is 13.3. The van der Waals surface area contributed by atoms with Crippen LogP contribution in [0.5, 0.6) is 0 Å². The molecule has 0 fully saturated rings. The molecule has 0 aromatic heterocycles. The number of benzene rings is 2. The van der Waals surface area contributed by atoms with E-state index < -0.39 is 29.4 Å². The number of nitrogens with two attached hydrogens (primary N) is 1. The van der Waals surface area contributed by atoms with Crippen molar-refractivity contribution in [2.24, 2.45) is 5.73 Å². The summed E-state index contributed by atoms with van der Waals surface area (Å²) in [6.45, 7) is 1.53. The Labute approximate surface area is 118 Å². The molecule has 0 saturated carbocycles. The van der Waals surface area contributed by atoms with Gasteiger partial charge in [0.1, 0.15) is 11.6 Å². The van der Waals surface area contributed by atoms with Crippen molar-refractivity contribution >= 4 is 0 Å². The smallest absolute Gasteiger partial charge is 0.320 e. The molecule has 0 amide bonds. The summed E-state index contributed by atoms with van der Waals surface area (Å²) in [6, 6.07) is 5.74. The molecule has 0 aliphatic heterocycles. The summed E-state index contributed by atoms with van der Waals surface area (Å²) in [4.78, 5) is 0. The zero-order valence-corrected chi connectivity index (χ0v) is 11.0. The summed E-state index contributed by atoms with van der Waals surface area (Å²) in [7, 11) is 0. The van der Waals surface area contributed by atoms with Gasteiger partial charge in [-0.3, -0.25) is 0 Å². The van der Waals surface area contributed by atoms with E-state index in [1.54, 1.807) is 0 Å². The molecule has 1 unspecified atom stereocenters. The van der Waals surface area contributed by atoms with E-state index in [0.29, 0.717) is 17.2 Å². The van der Waals surface area contributed by atoms with Crippen molar-refractivity contribution in [3.8, 4) is 0 Å². The number of rotatable bonds is 2. The summed E-state index contributed by atoms with van der Waals surface area (Å²) in [5, 5.41) is 0. The van der Waals surface area contributed by atoms with Crippen molar-refractivity contribution in [2.45, 2.75) is 19.1 Å². The highest BCUT2D eigenvalue weighted by Gasteiger charge is 2.34. The lowest BCUT2D eigenvalue weighted by Crippen LogP contribution is -2.15. The molecule has 0 saturated heterocycles. The van der Waals surface area contributed by atoms with Crippen molar-refractivity contribution in [1.29, 1.82) is 0 Å². The van der Waals surface area contributed by atoms with Crippen LogP contribution in [-0.4, -0.2) is 0 Å². The van der Waals surface area contributed by atoms with Crippen molar-refractivity contribution in [2.75, 3.05) is 0 Å². The fraction of sp³-hybridized carbons (Fsp3) is 0.200. The van der Waals surface area contributed by atoms with Crippen LogP contribution in [0.25, 0.3) is 0 Å². The van der Waals surface area contributed by atoms with Crippen molar-refractivity contribution in [3.05, 3.63) is 70.3 Å². The number of aryl methyl sites for hydroxylation is 1. The van der Waals surface area contributed by atoms with Gasteiger partial charge >= 0.3 is 6.18 Å². The molecule has 1 nitrogen and oxygen atoms in total. The van der Waals surface area contributed by atoms with E-state index in [2.05, 4.69) is 0 Å². The Hall–Kier alpha value is -1.95. The van der Waals surface area contributed by atoms with Gasteiger partial charge in [0, 0.05) is 0 Å². The Morgan fingerprint density at radius 2 is 1.43 bits per heavy atom. The number of alkyl halides is 3. The fourth-order valence-electron chi connectivity index (χ4n) is 2.01. The highest BCUT2D eigenvalue weighted by molar-refractivity contribution is 5.37. The second kappa shape index (κ2) is 5.44. The van der Waals surface area contributed by atoms with Crippen LogP contribution in [0.2, 0.25) is 0 Å². The van der Waals surface area contributed by atoms with Gasteiger partial charge in [-0.25, -0.2) is 8.78 Å². The Morgan fingerprint density at radius 3 is 1.95 bits per heavy atom. The van der Waals surface area contributed by atoms with E-state index >= 15 is 0 Å². The average molecular weight is 301 g/mol. The van der Waals surface area contributed by atoms with Crippen LogP contribution in [0.4, 0.5) is 22.0 Å². The first-order valence-corrected chi connectivity index (χ1v) is 6.08. The van der Waals surface area contributed by atoms with E-state index in [-0.39, 0.29) is 5.56 Å². The molecule has 2 N–H and O–H groups in total. The predicted molar refractivity (Wildman–Crippen MR) is 68.6 cm³/mol. The molecule has 0 aliphatic rings. The molecule has 0 bridgehead atoms. The maximum atomic E-state index is 13.2. The lowest BCUT2D eigenvalue weighted by atomic mass is 9.96. The summed E-state index contributed by atoms with van der Waals surface area (Å²) in [5.74, 6) is -1.78. The monoisotopic (exact) mass is 301 g/mol. The molecule has 1 atom stereocenters. The summed E-state index contributed by atoms with van der Waals surface area (Å²) in [6.07, 6.45) is -4.79. The molecule has 0 heterocycles. The Balaban J connectivity index is 2.44. The van der Waals surface area contributed by atoms with Gasteiger partial charge in [0.25, 0.3) is 0 Å². The van der Waals surface area contributed by atoms with Crippen LogP contribution in [0, 0.1) is 18.6 Å². The molecule has 0 aliphatic carbocycles. The Kier molecular flexibility index (Phi) is 4.00. The fourth-order valence-corrected chi connectivity index (χ4v) is 2.01. The third-order valence-electron chi connectivity index (χ3n) is 3.20. The van der Waals surface area contributed by atoms with Crippen molar-refractivity contribution in [1.82, 2.24) is 0 Å². The first kappa shape index (κ1) is 15.4. The van der Waals surface area contributed by atoms with E-state index in [1.807, 2.05) is 0 Å². The quantitative estimate of drug-likeness (QED) is 0.820. The van der Waals surface area contributed by atoms with Crippen LogP contribution in [-0.2, 0) is 6.18 Å². The lowest BCUT2D eigenvalue weighted by Gasteiger charge is -2.16. The topological polar surface area (TPSA) is 26.0 Å². The van der Waals surface area contributed by atoms with E-state index in [9.17, 15) is 22.0 Å². The highest BCUT2D eigenvalue weighted by Crippen LogP contribution is 2.33. The predicted octanol–water partition coefficient (Wildman–Crippen LogP) is 4.34. The molecular weight excluding hydrogens is 289 g/mol. The summed E-state index contributed by atoms with van der Waals surface area (Å²) < 4.78 is 64.5. The maximum absolute atomic E-state index is 13.2. The molecular formula is C15H12F5N. The first-order chi connectivity index (χ1) is 9.70. The second-order valence-electron chi connectivity index (χ2n) is 4.72. The molecule has 6 heteroatoms. The van der Waals surface area contributed by atoms with Gasteiger partial charge < -0.3 is 5.73 Å². The highest BCUT2D eigenvalue weighted by atomic mass is 19.4. The third-order valence-corrected chi connectivity index (χ3v) is 3.20. The minimum atomic E-state index is -4.79. The van der Waals surface area contributed by atoms with E-state index in [1.165, 1.54) is 31.2 Å². The third kappa shape index (κ3) is 3.21. The van der Waals surface area contributed by atoms with Crippen LogP contribution in [0.1, 0.15) is 28.3 Å². The Morgan fingerprint density at radius 1 is 0.905 bits per heavy atom. The molecule has 0 radical (unpaired) electrons. The van der Waals surface area contributed by atoms with Gasteiger partial charge in [-0.2, -0.15) is 13.2 Å². The number of hydrogen-bond acceptors (Lipinski definition) is 1. The van der Waals surface area contributed by atoms with Gasteiger partial charge in [-0.05, 0) is 41.8 Å². The van der Waals surface area contributed by atoms with Gasteiger partial charge in [0.15, 0.2) is 0 Å². The molecule has 2 aromatic rings. The standard InChI is InChI=1S/C15H12F5N/c1-8-6-9(2-4-12(8)16)14(21)10-3-5-13(17)11(7-10)15(18,19)20/h2-7,14H,21H2,1H3. The molecule has 2 rings (SSSR count). The van der Waals surface area contributed by atoms with Gasteiger partial charge in [-0.1, -0.05) is 18.2 Å². The van der Waals surface area contributed by atoms with Crippen LogP contribution in [0.3, 0.4) is 0 Å². The Bertz CT molecular complexity index is 664. The summed E-state index contributed by atoms with van der Waals surface area (Å²) >= 11 is 0. The van der Waals surface area contributed by atoms with Crippen molar-refractivity contribution in [3.63, 3.8) is 0 Å². The minimum absolute atomic E-state index is 0.106. The van der Waals surface area contributed by atoms with Gasteiger partial charge in [-0.15, -0.1) is 0 Å². The van der Waals surface area contributed by atoms with E-state index in [0.717, 1.165) is 6.07 Å². The maximum Gasteiger partial charge on any atom is 0.419 e. The van der Waals surface area contributed by atoms with Crippen molar-refractivity contribution < 1.29 is 22.0 Å². The second-order valence-corrected chi connectivity index (χ2v) is 4.72. The summed E-state index contributed by atoms with van der Waals surface area (Å²) in [5.41, 5.74) is 5.41. The SMILES string of the molecule is Cc1cc(C(N)c2ccc(F)c(C(F)(F)F)c2)ccc1F. The molecule has 112 valence electrons. The zero-order chi connectivity index (χ0) is 15.8. The molecule has 21 heavy (non-hydrogen) atoms. The van der Waals surface area contributed by atoms with Crippen LogP contribution < -0.4 is 5.73 Å².